The first-order valence-corrected chi connectivity index (χ1v) is 6.75. The maximum atomic E-state index is 12.2. The molecule has 120 valence electrons. The molecule has 0 spiro atoms. The van der Waals surface area contributed by atoms with Crippen molar-refractivity contribution in [1.82, 2.24) is 15.5 Å². The number of amides is 3. The molecule has 0 aliphatic carbocycles. The van der Waals surface area contributed by atoms with E-state index in [9.17, 15) is 24.6 Å². The first kappa shape index (κ1) is 17.4. The molecular formula is C13H23N3O5. The van der Waals surface area contributed by atoms with Crippen molar-refractivity contribution in [2.75, 3.05) is 13.1 Å². The number of aliphatic hydroxyl groups is 2. The van der Waals surface area contributed by atoms with Crippen molar-refractivity contribution in [3.8, 4) is 0 Å². The lowest BCUT2D eigenvalue weighted by Gasteiger charge is -2.29. The Labute approximate surface area is 123 Å². The van der Waals surface area contributed by atoms with Crippen LogP contribution in [0.3, 0.4) is 0 Å². The molecule has 0 aromatic carbocycles. The Balaban J connectivity index is 2.83. The second kappa shape index (κ2) is 6.40. The minimum atomic E-state index is -1.35. The number of rotatable bonds is 3. The van der Waals surface area contributed by atoms with Crippen LogP contribution in [0.4, 0.5) is 0 Å². The van der Waals surface area contributed by atoms with Gasteiger partial charge in [-0.2, -0.15) is 0 Å². The van der Waals surface area contributed by atoms with Crippen LogP contribution in [0.15, 0.2) is 0 Å². The highest BCUT2D eigenvalue weighted by atomic mass is 16.3. The summed E-state index contributed by atoms with van der Waals surface area (Å²) in [5.74, 6) is -1.45. The summed E-state index contributed by atoms with van der Waals surface area (Å²) < 4.78 is 0. The molecule has 4 N–H and O–H groups in total. The van der Waals surface area contributed by atoms with Gasteiger partial charge in [0.1, 0.15) is 12.1 Å². The lowest BCUT2D eigenvalue weighted by molar-refractivity contribution is -0.141. The van der Waals surface area contributed by atoms with Gasteiger partial charge in [-0.1, -0.05) is 0 Å². The summed E-state index contributed by atoms with van der Waals surface area (Å²) in [5.41, 5.74) is -0.531. The fraction of sp³-hybridized carbons (Fsp3) is 0.769. The molecule has 0 aromatic rings. The molecule has 1 aliphatic rings. The third-order valence-corrected chi connectivity index (χ3v) is 3.01. The zero-order chi connectivity index (χ0) is 16.4. The lowest BCUT2D eigenvalue weighted by atomic mass is 10.1. The van der Waals surface area contributed by atoms with Gasteiger partial charge in [0.25, 0.3) is 0 Å². The summed E-state index contributed by atoms with van der Waals surface area (Å²) in [6.07, 6.45) is -2.55. The maximum Gasteiger partial charge on any atom is 0.246 e. The number of likely N-dealkylation sites (tertiary alicyclic amines) is 1. The van der Waals surface area contributed by atoms with Gasteiger partial charge in [0, 0.05) is 12.5 Å². The largest absolute Gasteiger partial charge is 0.388 e. The fourth-order valence-corrected chi connectivity index (χ4v) is 2.12. The monoisotopic (exact) mass is 301 g/mol. The Morgan fingerprint density at radius 3 is 2.29 bits per heavy atom. The Morgan fingerprint density at radius 2 is 1.81 bits per heavy atom. The predicted molar refractivity (Wildman–Crippen MR) is 74.1 cm³/mol. The summed E-state index contributed by atoms with van der Waals surface area (Å²) in [7, 11) is 0. The molecule has 1 unspecified atom stereocenters. The highest BCUT2D eigenvalue weighted by Crippen LogP contribution is 2.20. The molecule has 0 bridgehead atoms. The van der Waals surface area contributed by atoms with Gasteiger partial charge in [-0.05, 0) is 20.8 Å². The van der Waals surface area contributed by atoms with Crippen LogP contribution in [0, 0.1) is 0 Å². The van der Waals surface area contributed by atoms with Gasteiger partial charge in [0.2, 0.25) is 17.7 Å². The molecule has 3 amide bonds. The van der Waals surface area contributed by atoms with Gasteiger partial charge in [0.15, 0.2) is 0 Å². The fourth-order valence-electron chi connectivity index (χ4n) is 2.12. The number of carbonyl (C=O) groups is 3. The topological polar surface area (TPSA) is 119 Å². The van der Waals surface area contributed by atoms with Crippen molar-refractivity contribution in [3.05, 3.63) is 0 Å². The molecule has 1 rings (SSSR count). The normalized spacial score (nSPS) is 25.6. The molecule has 21 heavy (non-hydrogen) atoms. The molecule has 3 atom stereocenters. The third-order valence-electron chi connectivity index (χ3n) is 3.01. The van der Waals surface area contributed by atoms with Gasteiger partial charge in [-0.25, -0.2) is 0 Å². The molecule has 0 aromatic heterocycles. The number of β-amino-alcohol motifs (C(OH)–C–C–N with tert-alkyl or cyclic N) is 1. The van der Waals surface area contributed by atoms with E-state index in [1.165, 1.54) is 6.92 Å². The van der Waals surface area contributed by atoms with Gasteiger partial charge in [-0.15, -0.1) is 0 Å². The van der Waals surface area contributed by atoms with E-state index in [4.69, 9.17) is 0 Å². The first-order valence-electron chi connectivity index (χ1n) is 6.75. The van der Waals surface area contributed by atoms with E-state index in [0.717, 1.165) is 4.90 Å². The number of hydrogen-bond donors (Lipinski definition) is 4. The zero-order valence-corrected chi connectivity index (χ0v) is 12.7. The minimum Gasteiger partial charge on any atom is -0.388 e. The predicted octanol–water partition coefficient (Wildman–Crippen LogP) is -2.03. The third kappa shape index (κ3) is 4.68. The van der Waals surface area contributed by atoms with Gasteiger partial charge < -0.3 is 25.7 Å². The number of nitrogens with one attached hydrogen (secondary N) is 2. The number of hydrogen-bond acceptors (Lipinski definition) is 5. The van der Waals surface area contributed by atoms with E-state index in [-0.39, 0.29) is 19.0 Å². The maximum absolute atomic E-state index is 12.2. The lowest BCUT2D eigenvalue weighted by Crippen LogP contribution is -2.55. The van der Waals surface area contributed by atoms with E-state index in [0.29, 0.717) is 0 Å². The Morgan fingerprint density at radius 1 is 1.24 bits per heavy atom. The molecule has 1 saturated heterocycles. The average Bonchev–Trinajstić information content (AvgIpc) is 2.60. The summed E-state index contributed by atoms with van der Waals surface area (Å²) in [6.45, 7) is 6.14. The van der Waals surface area contributed by atoms with Crippen molar-refractivity contribution in [1.29, 1.82) is 0 Å². The van der Waals surface area contributed by atoms with E-state index >= 15 is 0 Å². The number of aliphatic hydroxyl groups excluding tert-OH is 2. The SMILES string of the molecule is CC(=O)NCC(=O)N1C[C@H](O)[C@@H](O)C1C(=O)NC(C)(C)C. The molecule has 8 nitrogen and oxygen atoms in total. The Bertz CT molecular complexity index is 432. The van der Waals surface area contributed by atoms with E-state index in [1.807, 2.05) is 0 Å². The second-order valence-electron chi connectivity index (χ2n) is 6.20. The van der Waals surface area contributed by atoms with Crippen molar-refractivity contribution in [2.24, 2.45) is 0 Å². The van der Waals surface area contributed by atoms with Gasteiger partial charge in [-0.3, -0.25) is 14.4 Å². The highest BCUT2D eigenvalue weighted by molar-refractivity contribution is 5.91. The van der Waals surface area contributed by atoms with Crippen molar-refractivity contribution < 1.29 is 24.6 Å². The van der Waals surface area contributed by atoms with Crippen LogP contribution in [0.2, 0.25) is 0 Å². The molecule has 0 radical (unpaired) electrons. The summed E-state index contributed by atoms with van der Waals surface area (Å²) in [5, 5.41) is 24.6. The highest BCUT2D eigenvalue weighted by Gasteiger charge is 2.46. The quantitative estimate of drug-likeness (QED) is 0.479. The minimum absolute atomic E-state index is 0.151. The van der Waals surface area contributed by atoms with Gasteiger partial charge >= 0.3 is 0 Å². The Hall–Kier alpha value is -1.67. The zero-order valence-electron chi connectivity index (χ0n) is 12.7. The van der Waals surface area contributed by atoms with E-state index in [1.54, 1.807) is 20.8 Å². The van der Waals surface area contributed by atoms with Crippen molar-refractivity contribution in [2.45, 2.75) is 51.5 Å². The van der Waals surface area contributed by atoms with Crippen LogP contribution < -0.4 is 10.6 Å². The smallest absolute Gasteiger partial charge is 0.246 e. The molecule has 8 heteroatoms. The average molecular weight is 301 g/mol. The van der Waals surface area contributed by atoms with Crippen LogP contribution in [0.25, 0.3) is 0 Å². The molecular weight excluding hydrogens is 278 g/mol. The molecule has 1 heterocycles. The first-order chi connectivity index (χ1) is 9.53. The molecule has 1 aliphatic heterocycles. The number of carbonyl (C=O) groups excluding carboxylic acids is 3. The van der Waals surface area contributed by atoms with Crippen LogP contribution in [-0.4, -0.2) is 69.7 Å². The summed E-state index contributed by atoms with van der Waals surface area (Å²) in [4.78, 5) is 36.2. The summed E-state index contributed by atoms with van der Waals surface area (Å²) in [6, 6.07) is -1.17. The van der Waals surface area contributed by atoms with Crippen LogP contribution in [0.1, 0.15) is 27.7 Å². The number of nitrogens with zero attached hydrogens (tertiary/aromatic N) is 1. The van der Waals surface area contributed by atoms with Crippen molar-refractivity contribution >= 4 is 17.7 Å². The van der Waals surface area contributed by atoms with Crippen molar-refractivity contribution in [3.63, 3.8) is 0 Å². The summed E-state index contributed by atoms with van der Waals surface area (Å²) >= 11 is 0. The van der Waals surface area contributed by atoms with E-state index in [2.05, 4.69) is 10.6 Å². The standard InChI is InChI=1S/C13H23N3O5/c1-7(17)14-5-9(19)16-6-8(18)11(20)10(16)12(21)15-13(2,3)4/h8,10-11,18,20H,5-6H2,1-4H3,(H,14,17)(H,15,21)/t8-,10?,11+/m0/s1. The van der Waals surface area contributed by atoms with Gasteiger partial charge in [0.05, 0.1) is 19.2 Å². The van der Waals surface area contributed by atoms with Crippen LogP contribution >= 0.6 is 0 Å². The molecule has 0 saturated carbocycles. The van der Waals surface area contributed by atoms with Crippen LogP contribution in [0.5, 0.6) is 0 Å². The molecule has 1 fully saturated rings. The Kier molecular flexibility index (Phi) is 5.30. The van der Waals surface area contributed by atoms with E-state index < -0.39 is 35.6 Å². The second-order valence-corrected chi connectivity index (χ2v) is 6.20. The van der Waals surface area contributed by atoms with Crippen LogP contribution in [-0.2, 0) is 14.4 Å².